The average Bonchev–Trinajstić information content (AvgIpc) is 2.95. The maximum Gasteiger partial charge on any atom is 0.0628 e. The van der Waals surface area contributed by atoms with Gasteiger partial charge in [0.25, 0.3) is 0 Å². The van der Waals surface area contributed by atoms with Crippen LogP contribution in [0, 0.1) is 11.8 Å². The van der Waals surface area contributed by atoms with Gasteiger partial charge >= 0.3 is 0 Å². The lowest BCUT2D eigenvalue weighted by atomic mass is 9.86. The van der Waals surface area contributed by atoms with E-state index in [0.29, 0.717) is 17.9 Å². The van der Waals surface area contributed by atoms with Crippen LogP contribution < -0.4 is 5.73 Å². The smallest absolute Gasteiger partial charge is 0.0628 e. The Hall–Kier alpha value is -0.830. The van der Waals surface area contributed by atoms with Crippen molar-refractivity contribution in [2.24, 2.45) is 17.6 Å². The Morgan fingerprint density at radius 2 is 2.00 bits per heavy atom. The van der Waals surface area contributed by atoms with Crippen molar-refractivity contribution in [1.82, 2.24) is 9.78 Å². The van der Waals surface area contributed by atoms with Gasteiger partial charge in [0.05, 0.1) is 11.7 Å². The molecule has 3 heteroatoms. The molecule has 0 amide bonds. The first-order valence-electron chi connectivity index (χ1n) is 7.37. The predicted molar refractivity (Wildman–Crippen MR) is 75.4 cm³/mol. The largest absolute Gasteiger partial charge is 0.328 e. The van der Waals surface area contributed by atoms with E-state index in [1.54, 1.807) is 0 Å². The van der Waals surface area contributed by atoms with Crippen molar-refractivity contribution in [2.45, 2.75) is 65.0 Å². The summed E-state index contributed by atoms with van der Waals surface area (Å²) in [6.07, 6.45) is 8.46. The minimum Gasteiger partial charge on any atom is -0.328 e. The molecule has 1 heterocycles. The van der Waals surface area contributed by atoms with Crippen LogP contribution in [0.2, 0.25) is 0 Å². The Kier molecular flexibility index (Phi) is 4.44. The van der Waals surface area contributed by atoms with Crippen LogP contribution in [-0.4, -0.2) is 15.8 Å². The van der Waals surface area contributed by atoms with Gasteiger partial charge in [-0.1, -0.05) is 26.7 Å². The Balaban J connectivity index is 2.00. The topological polar surface area (TPSA) is 43.8 Å². The molecule has 0 radical (unpaired) electrons. The number of hydrogen-bond donors (Lipinski definition) is 1. The van der Waals surface area contributed by atoms with Crippen molar-refractivity contribution >= 4 is 0 Å². The minimum atomic E-state index is 0.238. The first kappa shape index (κ1) is 13.6. The molecular weight excluding hydrogens is 222 g/mol. The molecule has 1 aliphatic rings. The molecule has 1 saturated carbocycles. The second-order valence-electron chi connectivity index (χ2n) is 6.20. The third-order valence-corrected chi connectivity index (χ3v) is 4.34. The van der Waals surface area contributed by atoms with Crippen LogP contribution in [0.5, 0.6) is 0 Å². The number of rotatable bonds is 5. The SMILES string of the molecule is CC(C)C(Cc1ccn(C2CCCC2)n1)C(C)N. The van der Waals surface area contributed by atoms with Crippen molar-refractivity contribution in [1.29, 1.82) is 0 Å². The van der Waals surface area contributed by atoms with Crippen LogP contribution >= 0.6 is 0 Å². The predicted octanol–water partition coefficient (Wildman–Crippen LogP) is 3.16. The van der Waals surface area contributed by atoms with E-state index in [9.17, 15) is 0 Å². The van der Waals surface area contributed by atoms with Gasteiger partial charge in [-0.3, -0.25) is 4.68 Å². The zero-order chi connectivity index (χ0) is 13.1. The fourth-order valence-corrected chi connectivity index (χ4v) is 3.13. The third-order valence-electron chi connectivity index (χ3n) is 4.34. The highest BCUT2D eigenvalue weighted by Crippen LogP contribution is 2.29. The monoisotopic (exact) mass is 249 g/mol. The molecule has 1 aromatic rings. The van der Waals surface area contributed by atoms with E-state index >= 15 is 0 Å². The van der Waals surface area contributed by atoms with E-state index in [-0.39, 0.29) is 6.04 Å². The maximum absolute atomic E-state index is 6.08. The van der Waals surface area contributed by atoms with E-state index in [4.69, 9.17) is 10.8 Å². The molecule has 0 aliphatic heterocycles. The zero-order valence-electron chi connectivity index (χ0n) is 12.0. The number of hydrogen-bond acceptors (Lipinski definition) is 2. The van der Waals surface area contributed by atoms with E-state index in [1.807, 2.05) is 0 Å². The third kappa shape index (κ3) is 3.14. The summed E-state index contributed by atoms with van der Waals surface area (Å²) in [5.74, 6) is 1.14. The van der Waals surface area contributed by atoms with Gasteiger partial charge in [-0.2, -0.15) is 5.10 Å². The molecule has 1 aliphatic carbocycles. The highest BCUT2D eigenvalue weighted by Gasteiger charge is 2.21. The quantitative estimate of drug-likeness (QED) is 0.871. The van der Waals surface area contributed by atoms with Crippen molar-refractivity contribution in [2.75, 3.05) is 0 Å². The molecule has 2 rings (SSSR count). The Bertz CT molecular complexity index is 354. The number of aromatic nitrogens is 2. The van der Waals surface area contributed by atoms with Gasteiger partial charge in [0.15, 0.2) is 0 Å². The Labute approximate surface area is 111 Å². The van der Waals surface area contributed by atoms with Crippen molar-refractivity contribution in [3.8, 4) is 0 Å². The van der Waals surface area contributed by atoms with Crippen LogP contribution in [0.25, 0.3) is 0 Å². The minimum absolute atomic E-state index is 0.238. The van der Waals surface area contributed by atoms with Crippen molar-refractivity contribution < 1.29 is 0 Å². The zero-order valence-corrected chi connectivity index (χ0v) is 12.0. The summed E-state index contributed by atoms with van der Waals surface area (Å²) in [7, 11) is 0. The van der Waals surface area contributed by atoms with E-state index in [2.05, 4.69) is 37.7 Å². The molecular formula is C15H27N3. The molecule has 2 atom stereocenters. The van der Waals surface area contributed by atoms with Gasteiger partial charge in [0.1, 0.15) is 0 Å². The summed E-state index contributed by atoms with van der Waals surface area (Å²) >= 11 is 0. The molecule has 18 heavy (non-hydrogen) atoms. The summed E-state index contributed by atoms with van der Waals surface area (Å²) in [4.78, 5) is 0. The molecule has 2 unspecified atom stereocenters. The molecule has 0 saturated heterocycles. The molecule has 1 aromatic heterocycles. The summed E-state index contributed by atoms with van der Waals surface area (Å²) < 4.78 is 2.18. The Morgan fingerprint density at radius 3 is 2.56 bits per heavy atom. The molecule has 2 N–H and O–H groups in total. The second kappa shape index (κ2) is 5.87. The van der Waals surface area contributed by atoms with Crippen molar-refractivity contribution in [3.63, 3.8) is 0 Å². The Morgan fingerprint density at radius 1 is 1.33 bits per heavy atom. The van der Waals surface area contributed by atoms with E-state index in [1.165, 1.54) is 31.4 Å². The van der Waals surface area contributed by atoms with Crippen LogP contribution in [0.3, 0.4) is 0 Å². The fourth-order valence-electron chi connectivity index (χ4n) is 3.13. The van der Waals surface area contributed by atoms with E-state index < -0.39 is 0 Å². The number of nitrogens with two attached hydrogens (primary N) is 1. The highest BCUT2D eigenvalue weighted by molar-refractivity contribution is 5.02. The first-order chi connectivity index (χ1) is 8.58. The lowest BCUT2D eigenvalue weighted by molar-refractivity contribution is 0.325. The van der Waals surface area contributed by atoms with Gasteiger partial charge in [0, 0.05) is 12.2 Å². The van der Waals surface area contributed by atoms with Gasteiger partial charge in [0.2, 0.25) is 0 Å². The summed E-state index contributed by atoms with van der Waals surface area (Å²) in [5.41, 5.74) is 7.29. The average molecular weight is 249 g/mol. The molecule has 0 bridgehead atoms. The van der Waals surface area contributed by atoms with Gasteiger partial charge in [-0.25, -0.2) is 0 Å². The van der Waals surface area contributed by atoms with E-state index in [0.717, 1.165) is 6.42 Å². The van der Waals surface area contributed by atoms with Gasteiger partial charge in [-0.05, 0) is 44.1 Å². The lowest BCUT2D eigenvalue weighted by Crippen LogP contribution is -2.32. The second-order valence-corrected chi connectivity index (χ2v) is 6.20. The first-order valence-corrected chi connectivity index (χ1v) is 7.37. The maximum atomic E-state index is 6.08. The molecule has 3 nitrogen and oxygen atoms in total. The summed E-state index contributed by atoms with van der Waals surface area (Å²) in [5, 5.41) is 4.76. The standard InChI is InChI=1S/C15H27N3/c1-11(2)15(12(3)16)10-13-8-9-18(17-13)14-6-4-5-7-14/h8-9,11-12,14-15H,4-7,10,16H2,1-3H3. The summed E-state index contributed by atoms with van der Waals surface area (Å²) in [6, 6.07) is 3.06. The molecule has 102 valence electrons. The summed E-state index contributed by atoms with van der Waals surface area (Å²) in [6.45, 7) is 6.61. The highest BCUT2D eigenvalue weighted by atomic mass is 15.3. The van der Waals surface area contributed by atoms with Gasteiger partial charge < -0.3 is 5.73 Å². The van der Waals surface area contributed by atoms with Crippen molar-refractivity contribution in [3.05, 3.63) is 18.0 Å². The van der Waals surface area contributed by atoms with Crippen LogP contribution in [0.4, 0.5) is 0 Å². The lowest BCUT2D eigenvalue weighted by Gasteiger charge is -2.23. The molecule has 0 aromatic carbocycles. The number of nitrogens with zero attached hydrogens (tertiary/aromatic N) is 2. The van der Waals surface area contributed by atoms with Gasteiger partial charge in [-0.15, -0.1) is 0 Å². The molecule has 0 spiro atoms. The fraction of sp³-hybridized carbons (Fsp3) is 0.800. The normalized spacial score (nSPS) is 20.5. The van der Waals surface area contributed by atoms with Crippen LogP contribution in [0.1, 0.15) is 58.2 Å². The van der Waals surface area contributed by atoms with Crippen LogP contribution in [0.15, 0.2) is 12.3 Å². The van der Waals surface area contributed by atoms with Crippen LogP contribution in [-0.2, 0) is 6.42 Å². The molecule has 1 fully saturated rings.